The fraction of sp³-hybridized carbons (Fsp3) is 0.636. The van der Waals surface area contributed by atoms with Gasteiger partial charge in [-0.15, -0.1) is 0 Å². The number of aryl methyl sites for hydroxylation is 1. The van der Waals surface area contributed by atoms with E-state index in [4.69, 9.17) is 5.73 Å². The van der Waals surface area contributed by atoms with Crippen LogP contribution < -0.4 is 11.1 Å². The van der Waals surface area contributed by atoms with Gasteiger partial charge in [-0.1, -0.05) is 13.8 Å². The van der Waals surface area contributed by atoms with Gasteiger partial charge in [-0.25, -0.2) is 0 Å². The number of carbonyl (C=O) groups is 1. The van der Waals surface area contributed by atoms with E-state index in [1.165, 1.54) is 0 Å². The van der Waals surface area contributed by atoms with Crippen molar-refractivity contribution < 1.29 is 4.79 Å². The van der Waals surface area contributed by atoms with Crippen LogP contribution in [0.25, 0.3) is 0 Å². The second-order valence-electron chi connectivity index (χ2n) is 3.83. The van der Waals surface area contributed by atoms with Gasteiger partial charge in [0.1, 0.15) is 6.04 Å². The van der Waals surface area contributed by atoms with Crippen molar-refractivity contribution >= 4 is 5.91 Å². The van der Waals surface area contributed by atoms with Crippen LogP contribution in [0.1, 0.15) is 38.3 Å². The van der Waals surface area contributed by atoms with Gasteiger partial charge in [-0.3, -0.25) is 9.48 Å². The first-order valence-corrected chi connectivity index (χ1v) is 5.74. The van der Waals surface area contributed by atoms with E-state index >= 15 is 0 Å². The molecule has 0 fully saturated rings. The van der Waals surface area contributed by atoms with Crippen molar-refractivity contribution in [2.45, 2.75) is 39.3 Å². The van der Waals surface area contributed by atoms with Crippen LogP contribution >= 0.6 is 0 Å². The fourth-order valence-electron chi connectivity index (χ4n) is 1.55. The predicted octanol–water partition coefficient (Wildman–Crippen LogP) is 0.819. The SMILES string of the molecule is CCCNC(C(N)=O)c1cnn(CCC)c1. The summed E-state index contributed by atoms with van der Waals surface area (Å²) in [6.45, 7) is 5.76. The highest BCUT2D eigenvalue weighted by atomic mass is 16.1. The van der Waals surface area contributed by atoms with Gasteiger partial charge in [-0.2, -0.15) is 5.10 Å². The zero-order chi connectivity index (χ0) is 12.0. The third-order valence-electron chi connectivity index (χ3n) is 2.32. The molecule has 0 aromatic carbocycles. The van der Waals surface area contributed by atoms with Gasteiger partial charge < -0.3 is 11.1 Å². The van der Waals surface area contributed by atoms with Crippen LogP contribution in [0, 0.1) is 0 Å². The van der Waals surface area contributed by atoms with Crippen molar-refractivity contribution in [2.24, 2.45) is 5.73 Å². The number of aromatic nitrogens is 2. The quantitative estimate of drug-likeness (QED) is 0.720. The topological polar surface area (TPSA) is 72.9 Å². The minimum absolute atomic E-state index is 0.357. The van der Waals surface area contributed by atoms with E-state index in [2.05, 4.69) is 17.3 Å². The molecule has 1 atom stereocenters. The van der Waals surface area contributed by atoms with Crippen LogP contribution in [0.3, 0.4) is 0 Å². The van der Waals surface area contributed by atoms with Gasteiger partial charge in [-0.05, 0) is 19.4 Å². The van der Waals surface area contributed by atoms with Crippen LogP contribution in [-0.4, -0.2) is 22.2 Å². The van der Waals surface area contributed by atoms with Crippen molar-refractivity contribution in [3.8, 4) is 0 Å². The molecule has 0 saturated carbocycles. The molecule has 0 saturated heterocycles. The lowest BCUT2D eigenvalue weighted by Gasteiger charge is -2.12. The highest BCUT2D eigenvalue weighted by molar-refractivity contribution is 5.81. The average molecular weight is 224 g/mol. The molecule has 1 aromatic rings. The molecule has 1 aromatic heterocycles. The zero-order valence-electron chi connectivity index (χ0n) is 9.94. The molecule has 0 aliphatic rings. The molecule has 0 spiro atoms. The first kappa shape index (κ1) is 12.7. The molecule has 0 radical (unpaired) electrons. The van der Waals surface area contributed by atoms with E-state index in [0.29, 0.717) is 0 Å². The average Bonchev–Trinajstić information content (AvgIpc) is 2.67. The molecule has 1 heterocycles. The van der Waals surface area contributed by atoms with Crippen LogP contribution in [0.5, 0.6) is 0 Å². The van der Waals surface area contributed by atoms with E-state index in [0.717, 1.165) is 31.5 Å². The zero-order valence-corrected chi connectivity index (χ0v) is 9.94. The van der Waals surface area contributed by atoms with Gasteiger partial charge >= 0.3 is 0 Å². The molecule has 1 unspecified atom stereocenters. The van der Waals surface area contributed by atoms with Crippen molar-refractivity contribution in [2.75, 3.05) is 6.54 Å². The molecule has 0 aliphatic carbocycles. The molecule has 0 bridgehead atoms. The number of primary amides is 1. The Morgan fingerprint density at radius 1 is 1.56 bits per heavy atom. The lowest BCUT2D eigenvalue weighted by atomic mass is 10.1. The number of hydrogen-bond donors (Lipinski definition) is 2. The van der Waals surface area contributed by atoms with Gasteiger partial charge in [0.05, 0.1) is 6.20 Å². The van der Waals surface area contributed by atoms with Crippen LogP contribution in [0.4, 0.5) is 0 Å². The number of nitrogens with two attached hydrogens (primary N) is 1. The third kappa shape index (κ3) is 3.34. The lowest BCUT2D eigenvalue weighted by Crippen LogP contribution is -2.33. The van der Waals surface area contributed by atoms with Crippen molar-refractivity contribution in [3.63, 3.8) is 0 Å². The van der Waals surface area contributed by atoms with E-state index in [-0.39, 0.29) is 5.91 Å². The number of carbonyl (C=O) groups excluding carboxylic acids is 1. The maximum Gasteiger partial charge on any atom is 0.239 e. The number of amides is 1. The highest BCUT2D eigenvalue weighted by Crippen LogP contribution is 2.11. The minimum Gasteiger partial charge on any atom is -0.368 e. The summed E-state index contributed by atoms with van der Waals surface area (Å²) in [6.07, 6.45) is 5.56. The normalized spacial score (nSPS) is 12.6. The molecular formula is C11H20N4O. The second kappa shape index (κ2) is 6.27. The smallest absolute Gasteiger partial charge is 0.239 e. The van der Waals surface area contributed by atoms with Crippen molar-refractivity contribution in [1.82, 2.24) is 15.1 Å². The Balaban J connectivity index is 2.71. The number of rotatable bonds is 7. The first-order chi connectivity index (χ1) is 7.69. The van der Waals surface area contributed by atoms with E-state index in [1.54, 1.807) is 6.20 Å². The Kier molecular flexibility index (Phi) is 4.98. The predicted molar refractivity (Wildman–Crippen MR) is 62.7 cm³/mol. The molecular weight excluding hydrogens is 204 g/mol. The summed E-state index contributed by atoms with van der Waals surface area (Å²) < 4.78 is 1.83. The summed E-state index contributed by atoms with van der Waals surface area (Å²) in [5.74, 6) is -0.357. The molecule has 0 aliphatic heterocycles. The summed E-state index contributed by atoms with van der Waals surface area (Å²) in [4.78, 5) is 11.3. The molecule has 5 heteroatoms. The van der Waals surface area contributed by atoms with E-state index in [1.807, 2.05) is 17.8 Å². The second-order valence-corrected chi connectivity index (χ2v) is 3.83. The maximum atomic E-state index is 11.3. The summed E-state index contributed by atoms with van der Waals surface area (Å²) in [6, 6.07) is -0.425. The molecule has 5 nitrogen and oxygen atoms in total. The van der Waals surface area contributed by atoms with Crippen LogP contribution in [0.2, 0.25) is 0 Å². The van der Waals surface area contributed by atoms with E-state index in [9.17, 15) is 4.79 Å². The number of nitrogens with one attached hydrogen (secondary N) is 1. The third-order valence-corrected chi connectivity index (χ3v) is 2.32. The van der Waals surface area contributed by atoms with Gasteiger partial charge in [0.15, 0.2) is 0 Å². The Morgan fingerprint density at radius 2 is 2.31 bits per heavy atom. The van der Waals surface area contributed by atoms with Crippen LogP contribution in [0.15, 0.2) is 12.4 Å². The van der Waals surface area contributed by atoms with Gasteiger partial charge in [0, 0.05) is 18.3 Å². The highest BCUT2D eigenvalue weighted by Gasteiger charge is 2.18. The molecule has 3 N–H and O–H groups in total. The number of hydrogen-bond acceptors (Lipinski definition) is 3. The molecule has 1 rings (SSSR count). The summed E-state index contributed by atoms with van der Waals surface area (Å²) in [5.41, 5.74) is 6.20. The summed E-state index contributed by atoms with van der Waals surface area (Å²) in [5, 5.41) is 7.30. The maximum absolute atomic E-state index is 11.3. The Bertz CT molecular complexity index is 334. The minimum atomic E-state index is -0.425. The number of nitrogens with zero attached hydrogens (tertiary/aromatic N) is 2. The Morgan fingerprint density at radius 3 is 2.88 bits per heavy atom. The van der Waals surface area contributed by atoms with Gasteiger partial charge in [0.25, 0.3) is 0 Å². The standard InChI is InChI=1S/C11H20N4O/c1-3-5-13-10(11(12)16)9-7-14-15(8-9)6-4-2/h7-8,10,13H,3-6H2,1-2H3,(H2,12,16). The van der Waals surface area contributed by atoms with Crippen molar-refractivity contribution in [3.05, 3.63) is 18.0 Å². The Labute approximate surface area is 96.0 Å². The first-order valence-electron chi connectivity index (χ1n) is 5.74. The lowest BCUT2D eigenvalue weighted by molar-refractivity contribution is -0.120. The largest absolute Gasteiger partial charge is 0.368 e. The fourth-order valence-corrected chi connectivity index (χ4v) is 1.55. The van der Waals surface area contributed by atoms with Crippen LogP contribution in [-0.2, 0) is 11.3 Å². The summed E-state index contributed by atoms with van der Waals surface area (Å²) in [7, 11) is 0. The van der Waals surface area contributed by atoms with E-state index < -0.39 is 6.04 Å². The monoisotopic (exact) mass is 224 g/mol. The van der Waals surface area contributed by atoms with Gasteiger partial charge in [0.2, 0.25) is 5.91 Å². The Hall–Kier alpha value is -1.36. The molecule has 16 heavy (non-hydrogen) atoms. The molecule has 90 valence electrons. The molecule has 1 amide bonds. The van der Waals surface area contributed by atoms with Crippen molar-refractivity contribution in [1.29, 1.82) is 0 Å². The summed E-state index contributed by atoms with van der Waals surface area (Å²) >= 11 is 0.